The maximum Gasteiger partial charge on any atom is 0.0609 e. The second kappa shape index (κ2) is 4.18. The zero-order valence-electron chi connectivity index (χ0n) is 12.6. The van der Waals surface area contributed by atoms with Crippen molar-refractivity contribution in [3.05, 3.63) is 24.3 Å². The Hall–Kier alpha value is -1.18. The summed E-state index contributed by atoms with van der Waals surface area (Å²) in [6.45, 7) is 16.0. The normalized spacial score (nSPS) is 20.8. The summed E-state index contributed by atoms with van der Waals surface area (Å²) in [6, 6.07) is 8.78. The third kappa shape index (κ3) is 1.54. The second-order valence-electron chi connectivity index (χ2n) is 6.10. The van der Waals surface area contributed by atoms with Crippen molar-refractivity contribution < 1.29 is 0 Å². The van der Waals surface area contributed by atoms with Gasteiger partial charge in [-0.15, -0.1) is 0 Å². The van der Waals surface area contributed by atoms with Gasteiger partial charge in [0.2, 0.25) is 0 Å². The number of anilines is 2. The van der Waals surface area contributed by atoms with E-state index < -0.39 is 0 Å². The van der Waals surface area contributed by atoms with E-state index in [0.29, 0.717) is 0 Å². The lowest BCUT2D eigenvalue weighted by atomic mass is 9.76. The summed E-state index contributed by atoms with van der Waals surface area (Å²) in [7, 11) is 0. The number of benzene rings is 1. The van der Waals surface area contributed by atoms with Crippen LogP contribution in [0.2, 0.25) is 0 Å². The van der Waals surface area contributed by atoms with Crippen LogP contribution in [-0.2, 0) is 0 Å². The van der Waals surface area contributed by atoms with Gasteiger partial charge in [-0.2, -0.15) is 0 Å². The number of rotatable bonds is 2. The molecular weight excluding hydrogens is 220 g/mol. The highest BCUT2D eigenvalue weighted by Crippen LogP contribution is 2.47. The molecule has 0 bridgehead atoms. The second-order valence-corrected chi connectivity index (χ2v) is 6.10. The Morgan fingerprint density at radius 2 is 1.11 bits per heavy atom. The first-order valence-corrected chi connectivity index (χ1v) is 7.02. The third-order valence-electron chi connectivity index (χ3n) is 4.94. The molecule has 0 saturated carbocycles. The molecule has 2 heteroatoms. The number of nitrogens with zero attached hydrogens (tertiary/aromatic N) is 2. The van der Waals surface area contributed by atoms with Crippen molar-refractivity contribution in [3.63, 3.8) is 0 Å². The Bertz CT molecular complexity index is 393. The molecule has 0 atom stereocenters. The summed E-state index contributed by atoms with van der Waals surface area (Å²) >= 11 is 0. The van der Waals surface area contributed by atoms with E-state index in [9.17, 15) is 0 Å². The van der Waals surface area contributed by atoms with Gasteiger partial charge in [0.25, 0.3) is 0 Å². The standard InChI is InChI=1S/C16H26N2/c1-7-17-13-11-9-10-12-14(13)18(8-2)16(5,6)15(17,3)4/h9-12H,7-8H2,1-6H3. The van der Waals surface area contributed by atoms with Gasteiger partial charge in [0, 0.05) is 13.1 Å². The first kappa shape index (κ1) is 13.3. The highest BCUT2D eigenvalue weighted by atomic mass is 15.4. The molecule has 0 spiro atoms. The van der Waals surface area contributed by atoms with Crippen molar-refractivity contribution in [1.29, 1.82) is 0 Å². The van der Waals surface area contributed by atoms with Gasteiger partial charge in [-0.1, -0.05) is 12.1 Å². The van der Waals surface area contributed by atoms with Gasteiger partial charge in [-0.05, 0) is 53.7 Å². The molecule has 18 heavy (non-hydrogen) atoms. The zero-order chi connectivity index (χ0) is 13.6. The lowest BCUT2D eigenvalue weighted by Gasteiger charge is -2.60. The Morgan fingerprint density at radius 1 is 0.778 bits per heavy atom. The summed E-state index contributed by atoms with van der Waals surface area (Å²) in [5, 5.41) is 0. The Balaban J connectivity index is 2.67. The van der Waals surface area contributed by atoms with Gasteiger partial charge in [0.15, 0.2) is 0 Å². The van der Waals surface area contributed by atoms with E-state index in [1.807, 2.05) is 0 Å². The van der Waals surface area contributed by atoms with Crippen molar-refractivity contribution in [2.45, 2.75) is 52.6 Å². The van der Waals surface area contributed by atoms with Crippen LogP contribution < -0.4 is 9.80 Å². The molecule has 0 radical (unpaired) electrons. The van der Waals surface area contributed by atoms with E-state index >= 15 is 0 Å². The monoisotopic (exact) mass is 246 g/mol. The summed E-state index contributed by atoms with van der Waals surface area (Å²) in [6.07, 6.45) is 0. The van der Waals surface area contributed by atoms with E-state index in [1.54, 1.807) is 0 Å². The van der Waals surface area contributed by atoms with Crippen molar-refractivity contribution in [1.82, 2.24) is 0 Å². The molecule has 1 heterocycles. The summed E-state index contributed by atoms with van der Waals surface area (Å²) in [5.74, 6) is 0. The SMILES string of the molecule is CCN1c2ccccc2N(CC)C(C)(C)C1(C)C. The fraction of sp³-hybridized carbons (Fsp3) is 0.625. The molecule has 0 aliphatic carbocycles. The van der Waals surface area contributed by atoms with Crippen molar-refractivity contribution in [2.24, 2.45) is 0 Å². The number of fused-ring (bicyclic) bond motifs is 1. The van der Waals surface area contributed by atoms with Crippen molar-refractivity contribution in [2.75, 3.05) is 22.9 Å². The number of likely N-dealkylation sites (N-methyl/N-ethyl adjacent to an activating group) is 2. The summed E-state index contributed by atoms with van der Waals surface area (Å²) in [4.78, 5) is 5.07. The number of hydrogen-bond acceptors (Lipinski definition) is 2. The highest BCUT2D eigenvalue weighted by Gasteiger charge is 2.49. The van der Waals surface area contributed by atoms with Crippen LogP contribution in [0.4, 0.5) is 11.4 Å². The molecule has 0 N–H and O–H groups in total. The van der Waals surface area contributed by atoms with Gasteiger partial charge in [-0.3, -0.25) is 0 Å². The molecule has 0 fully saturated rings. The van der Waals surface area contributed by atoms with Crippen molar-refractivity contribution >= 4 is 11.4 Å². The molecule has 1 aliphatic rings. The van der Waals surface area contributed by atoms with Crippen LogP contribution in [0.1, 0.15) is 41.5 Å². The molecule has 0 saturated heterocycles. The van der Waals surface area contributed by atoms with E-state index in [2.05, 4.69) is 75.6 Å². The predicted molar refractivity (Wildman–Crippen MR) is 80.6 cm³/mol. The molecule has 2 nitrogen and oxygen atoms in total. The van der Waals surface area contributed by atoms with Crippen LogP contribution in [0.3, 0.4) is 0 Å². The minimum atomic E-state index is 0.117. The summed E-state index contributed by atoms with van der Waals surface area (Å²) < 4.78 is 0. The molecular formula is C16H26N2. The smallest absolute Gasteiger partial charge is 0.0609 e. The fourth-order valence-electron chi connectivity index (χ4n) is 3.31. The Labute approximate surface area is 112 Å². The molecule has 100 valence electrons. The minimum absolute atomic E-state index is 0.117. The lowest BCUT2D eigenvalue weighted by Crippen LogP contribution is -2.69. The Morgan fingerprint density at radius 3 is 1.39 bits per heavy atom. The Kier molecular flexibility index (Phi) is 3.08. The topological polar surface area (TPSA) is 6.48 Å². The zero-order valence-corrected chi connectivity index (χ0v) is 12.6. The van der Waals surface area contributed by atoms with Crippen LogP contribution in [0.5, 0.6) is 0 Å². The van der Waals surface area contributed by atoms with E-state index in [-0.39, 0.29) is 11.1 Å². The maximum absolute atomic E-state index is 2.54. The van der Waals surface area contributed by atoms with Gasteiger partial charge < -0.3 is 9.80 Å². The summed E-state index contributed by atoms with van der Waals surface area (Å²) in [5.41, 5.74) is 2.97. The largest absolute Gasteiger partial charge is 0.363 e. The first-order chi connectivity index (χ1) is 8.37. The van der Waals surface area contributed by atoms with Gasteiger partial charge >= 0.3 is 0 Å². The minimum Gasteiger partial charge on any atom is -0.363 e. The number of para-hydroxylation sites is 2. The first-order valence-electron chi connectivity index (χ1n) is 7.02. The van der Waals surface area contributed by atoms with Gasteiger partial charge in [-0.25, -0.2) is 0 Å². The van der Waals surface area contributed by atoms with Crippen molar-refractivity contribution in [3.8, 4) is 0 Å². The molecule has 2 rings (SSSR count). The van der Waals surface area contributed by atoms with E-state index in [4.69, 9.17) is 0 Å². The van der Waals surface area contributed by atoms with Gasteiger partial charge in [0.05, 0.1) is 22.5 Å². The molecule has 0 amide bonds. The highest BCUT2D eigenvalue weighted by molar-refractivity contribution is 5.76. The van der Waals surface area contributed by atoms with Crippen LogP contribution in [0, 0.1) is 0 Å². The van der Waals surface area contributed by atoms with Crippen LogP contribution in [0.25, 0.3) is 0 Å². The van der Waals surface area contributed by atoms with E-state index in [0.717, 1.165) is 13.1 Å². The molecule has 0 unspecified atom stereocenters. The average molecular weight is 246 g/mol. The average Bonchev–Trinajstić information content (AvgIpc) is 2.31. The predicted octanol–water partition coefficient (Wildman–Crippen LogP) is 3.91. The molecule has 1 aromatic carbocycles. The van der Waals surface area contributed by atoms with Crippen LogP contribution >= 0.6 is 0 Å². The van der Waals surface area contributed by atoms with Crippen LogP contribution in [0.15, 0.2) is 24.3 Å². The lowest BCUT2D eigenvalue weighted by molar-refractivity contribution is 0.258. The maximum atomic E-state index is 2.54. The van der Waals surface area contributed by atoms with E-state index in [1.165, 1.54) is 11.4 Å². The quantitative estimate of drug-likeness (QED) is 0.780. The van der Waals surface area contributed by atoms with Crippen LogP contribution in [-0.4, -0.2) is 24.2 Å². The number of hydrogen-bond donors (Lipinski definition) is 0. The fourth-order valence-corrected chi connectivity index (χ4v) is 3.31. The van der Waals surface area contributed by atoms with Gasteiger partial charge in [0.1, 0.15) is 0 Å². The molecule has 1 aliphatic heterocycles. The third-order valence-corrected chi connectivity index (χ3v) is 4.94. The molecule has 0 aromatic heterocycles. The molecule has 1 aromatic rings.